The zero-order valence-electron chi connectivity index (χ0n) is 16.5. The van der Waals surface area contributed by atoms with Crippen molar-refractivity contribution in [3.63, 3.8) is 0 Å². The normalized spacial score (nSPS) is 15.4. The number of nitrogens with one attached hydrogen (secondary N) is 1. The molecule has 1 aliphatic heterocycles. The van der Waals surface area contributed by atoms with E-state index in [0.717, 1.165) is 24.3 Å². The molecule has 0 spiro atoms. The Bertz CT molecular complexity index is 1260. The van der Waals surface area contributed by atoms with Crippen LogP contribution in [0.15, 0.2) is 88.0 Å². The third kappa shape index (κ3) is 5.25. The molecule has 168 valence electrons. The highest BCUT2D eigenvalue weighted by Crippen LogP contribution is 2.32. The number of halogens is 6. The van der Waals surface area contributed by atoms with E-state index >= 15 is 0 Å². The van der Waals surface area contributed by atoms with Crippen LogP contribution in [0.3, 0.4) is 0 Å². The first-order valence-electron chi connectivity index (χ1n) is 9.38. The van der Waals surface area contributed by atoms with Gasteiger partial charge in [0.25, 0.3) is 0 Å². The molecule has 0 atom stereocenters. The first-order valence-corrected chi connectivity index (χ1v) is 9.38. The second kappa shape index (κ2) is 8.49. The zero-order valence-corrected chi connectivity index (χ0v) is 16.5. The monoisotopic (exact) mass is 461 g/mol. The lowest BCUT2D eigenvalue weighted by Crippen LogP contribution is -2.19. The van der Waals surface area contributed by atoms with Gasteiger partial charge in [0.1, 0.15) is 0 Å². The fourth-order valence-electron chi connectivity index (χ4n) is 2.91. The summed E-state index contributed by atoms with van der Waals surface area (Å²) in [6.07, 6.45) is -6.13. The highest BCUT2D eigenvalue weighted by molar-refractivity contribution is 6.51. The molecule has 0 unspecified atom stereocenters. The van der Waals surface area contributed by atoms with E-state index < -0.39 is 23.5 Å². The number of anilines is 1. The zero-order chi connectivity index (χ0) is 23.6. The highest BCUT2D eigenvalue weighted by atomic mass is 19.4. The summed E-state index contributed by atoms with van der Waals surface area (Å²) >= 11 is 0. The minimum Gasteiger partial charge on any atom is -0.337 e. The summed E-state index contributed by atoms with van der Waals surface area (Å²) in [5.74, 6) is 0.0784. The third-order valence-electron chi connectivity index (χ3n) is 4.44. The molecule has 11 heteroatoms. The van der Waals surface area contributed by atoms with Gasteiger partial charge in [-0.25, -0.2) is 15.0 Å². The second-order valence-corrected chi connectivity index (χ2v) is 6.82. The van der Waals surface area contributed by atoms with Crippen LogP contribution < -0.4 is 5.32 Å². The number of amidine groups is 3. The van der Waals surface area contributed by atoms with E-state index in [9.17, 15) is 26.3 Å². The fraction of sp³-hybridized carbons (Fsp3) is 0.0909. The van der Waals surface area contributed by atoms with Crippen LogP contribution in [-0.4, -0.2) is 22.5 Å². The van der Waals surface area contributed by atoms with Crippen molar-refractivity contribution in [2.24, 2.45) is 15.0 Å². The molecule has 5 nitrogen and oxygen atoms in total. The van der Waals surface area contributed by atoms with Gasteiger partial charge in [-0.2, -0.15) is 26.3 Å². The number of aliphatic imine (C=N–C) groups is 3. The van der Waals surface area contributed by atoms with Crippen LogP contribution in [0.4, 0.5) is 37.7 Å². The SMILES string of the molecule is FC(F)(F)c1cccc(N=C2N=C(c3ccncc3)N=C2Nc2cccc(C(F)(F)F)c2)c1. The number of nitrogens with zero attached hydrogens (tertiary/aromatic N) is 4. The van der Waals surface area contributed by atoms with Crippen LogP contribution in [0.2, 0.25) is 0 Å². The van der Waals surface area contributed by atoms with E-state index in [-0.39, 0.29) is 28.9 Å². The Hall–Kier alpha value is -4.02. The predicted molar refractivity (Wildman–Crippen MR) is 112 cm³/mol. The molecule has 1 aromatic heterocycles. The van der Waals surface area contributed by atoms with Crippen LogP contribution in [0.25, 0.3) is 0 Å². The van der Waals surface area contributed by atoms with E-state index in [2.05, 4.69) is 25.3 Å². The van der Waals surface area contributed by atoms with Gasteiger partial charge in [0.15, 0.2) is 17.5 Å². The van der Waals surface area contributed by atoms with Crippen LogP contribution in [0.5, 0.6) is 0 Å². The molecule has 0 saturated heterocycles. The third-order valence-corrected chi connectivity index (χ3v) is 4.44. The number of alkyl halides is 6. The van der Waals surface area contributed by atoms with E-state index in [1.54, 1.807) is 12.1 Å². The Morgan fingerprint density at radius 2 is 1.36 bits per heavy atom. The Labute approximate surface area is 183 Å². The summed E-state index contributed by atoms with van der Waals surface area (Å²) in [6, 6.07) is 11.9. The van der Waals surface area contributed by atoms with Gasteiger partial charge in [0.05, 0.1) is 16.8 Å². The van der Waals surface area contributed by atoms with Crippen molar-refractivity contribution in [1.82, 2.24) is 4.98 Å². The van der Waals surface area contributed by atoms with Crippen molar-refractivity contribution in [3.8, 4) is 0 Å². The molecule has 0 fully saturated rings. The standard InChI is InChI=1S/C22H13F6N5/c23-21(24,25)14-3-1-5-16(11-14)30-19-20(33-18(32-19)13-7-9-29-10-8-13)31-17-6-2-4-15(12-17)22(26,27)28/h1-12H,(H,30,31,32,33). The molecule has 1 aliphatic rings. The molecule has 1 N–H and O–H groups in total. The maximum absolute atomic E-state index is 13.1. The largest absolute Gasteiger partial charge is 0.416 e. The average molecular weight is 461 g/mol. The molecular formula is C22H13F6N5. The number of hydrogen-bond acceptors (Lipinski definition) is 4. The number of benzene rings is 2. The van der Waals surface area contributed by atoms with E-state index in [4.69, 9.17) is 0 Å². The fourth-order valence-corrected chi connectivity index (χ4v) is 2.91. The maximum Gasteiger partial charge on any atom is 0.416 e. The Kier molecular flexibility index (Phi) is 5.71. The summed E-state index contributed by atoms with van der Waals surface area (Å²) < 4.78 is 78.3. The smallest absolute Gasteiger partial charge is 0.337 e. The van der Waals surface area contributed by atoms with Crippen molar-refractivity contribution >= 4 is 28.9 Å². The average Bonchev–Trinajstić information content (AvgIpc) is 3.16. The molecule has 0 radical (unpaired) electrons. The Morgan fingerprint density at radius 1 is 0.727 bits per heavy atom. The summed E-state index contributed by atoms with van der Waals surface area (Å²) in [7, 11) is 0. The van der Waals surface area contributed by atoms with Crippen molar-refractivity contribution in [2.45, 2.75) is 12.4 Å². The van der Waals surface area contributed by atoms with Crippen molar-refractivity contribution in [1.29, 1.82) is 0 Å². The van der Waals surface area contributed by atoms with Crippen molar-refractivity contribution in [2.75, 3.05) is 5.32 Å². The van der Waals surface area contributed by atoms with Crippen LogP contribution >= 0.6 is 0 Å². The topological polar surface area (TPSA) is 62.0 Å². The van der Waals surface area contributed by atoms with E-state index in [1.807, 2.05) is 0 Å². The van der Waals surface area contributed by atoms with Crippen LogP contribution in [0.1, 0.15) is 16.7 Å². The predicted octanol–water partition coefficient (Wildman–Crippen LogP) is 6.12. The van der Waals surface area contributed by atoms with Gasteiger partial charge in [-0.15, -0.1) is 0 Å². The highest BCUT2D eigenvalue weighted by Gasteiger charge is 2.31. The summed E-state index contributed by atoms with van der Waals surface area (Å²) in [4.78, 5) is 16.6. The van der Waals surface area contributed by atoms with Gasteiger partial charge < -0.3 is 5.32 Å². The molecule has 2 heterocycles. The Balaban J connectivity index is 1.73. The molecule has 33 heavy (non-hydrogen) atoms. The molecule has 4 rings (SSSR count). The lowest BCUT2D eigenvalue weighted by atomic mass is 10.2. The number of hydrogen-bond donors (Lipinski definition) is 1. The van der Waals surface area contributed by atoms with Gasteiger partial charge in [-0.05, 0) is 48.5 Å². The van der Waals surface area contributed by atoms with Gasteiger partial charge in [0.2, 0.25) is 0 Å². The van der Waals surface area contributed by atoms with Crippen molar-refractivity contribution < 1.29 is 26.3 Å². The lowest BCUT2D eigenvalue weighted by Gasteiger charge is -2.10. The molecular weight excluding hydrogens is 448 g/mol. The summed E-state index contributed by atoms with van der Waals surface area (Å²) in [5.41, 5.74) is -1.21. The second-order valence-electron chi connectivity index (χ2n) is 6.82. The van der Waals surface area contributed by atoms with Gasteiger partial charge in [-0.3, -0.25) is 4.98 Å². The minimum absolute atomic E-state index is 0.0152. The quantitative estimate of drug-likeness (QED) is 0.478. The molecule has 3 aromatic rings. The van der Waals surface area contributed by atoms with Crippen LogP contribution in [0, 0.1) is 0 Å². The van der Waals surface area contributed by atoms with Gasteiger partial charge in [0, 0.05) is 23.6 Å². The number of pyridine rings is 1. The van der Waals surface area contributed by atoms with E-state index in [1.165, 1.54) is 36.7 Å². The summed E-state index contributed by atoms with van der Waals surface area (Å²) in [5, 5.41) is 2.74. The number of rotatable bonds is 3. The van der Waals surface area contributed by atoms with Gasteiger partial charge in [-0.1, -0.05) is 12.1 Å². The summed E-state index contributed by atoms with van der Waals surface area (Å²) in [6.45, 7) is 0. The first kappa shape index (κ1) is 22.2. The molecule has 2 aromatic carbocycles. The molecule has 0 amide bonds. The van der Waals surface area contributed by atoms with Crippen LogP contribution in [-0.2, 0) is 12.4 Å². The minimum atomic E-state index is -4.56. The first-order chi connectivity index (χ1) is 15.6. The maximum atomic E-state index is 13.1. The van der Waals surface area contributed by atoms with Crippen molar-refractivity contribution in [3.05, 3.63) is 89.7 Å². The molecule has 0 bridgehead atoms. The Morgan fingerprint density at radius 3 is 2.03 bits per heavy atom. The van der Waals surface area contributed by atoms with E-state index in [0.29, 0.717) is 5.56 Å². The molecule has 0 aliphatic carbocycles. The molecule has 0 saturated carbocycles. The lowest BCUT2D eigenvalue weighted by molar-refractivity contribution is -0.138. The number of aromatic nitrogens is 1. The van der Waals surface area contributed by atoms with Gasteiger partial charge >= 0.3 is 12.4 Å².